The molecule has 8 heteroatoms. The monoisotopic (exact) mass is 476 g/mol. The van der Waals surface area contributed by atoms with Crippen LogP contribution in [-0.2, 0) is 14.8 Å². The zero-order valence-corrected chi connectivity index (χ0v) is 18.2. The van der Waals surface area contributed by atoms with Crippen LogP contribution < -0.4 is 14.4 Å². The Balaban J connectivity index is 1.53. The minimum absolute atomic E-state index is 0.266. The highest BCUT2D eigenvalue weighted by molar-refractivity contribution is 9.10. The molecule has 0 aliphatic rings. The number of hydrogen-bond acceptors (Lipinski definition) is 4. The fourth-order valence-electron chi connectivity index (χ4n) is 2.83. The molecule has 0 radical (unpaired) electrons. The quantitative estimate of drug-likeness (QED) is 0.504. The Kier molecular flexibility index (Phi) is 6.76. The van der Waals surface area contributed by atoms with Gasteiger partial charge < -0.3 is 10.1 Å². The lowest BCUT2D eigenvalue weighted by Gasteiger charge is -2.22. The number of benzene rings is 3. The molecule has 0 atom stereocenters. The van der Waals surface area contributed by atoms with Gasteiger partial charge in [0, 0.05) is 4.47 Å². The van der Waals surface area contributed by atoms with Gasteiger partial charge in [0.2, 0.25) is 15.9 Å². The summed E-state index contributed by atoms with van der Waals surface area (Å²) in [5, 5.41) is 4.90. The Hall–Kier alpha value is -2.58. The number of carbonyl (C=O) groups is 1. The van der Waals surface area contributed by atoms with Crippen LogP contribution in [0.5, 0.6) is 5.75 Å². The van der Waals surface area contributed by atoms with Gasteiger partial charge in [0.15, 0.2) is 0 Å². The molecule has 6 nitrogen and oxygen atoms in total. The number of sulfonamides is 1. The van der Waals surface area contributed by atoms with E-state index in [0.717, 1.165) is 25.8 Å². The number of rotatable bonds is 8. The van der Waals surface area contributed by atoms with Crippen molar-refractivity contribution in [1.29, 1.82) is 0 Å². The molecule has 152 valence electrons. The van der Waals surface area contributed by atoms with E-state index in [-0.39, 0.29) is 19.7 Å². The van der Waals surface area contributed by atoms with Gasteiger partial charge in [-0.15, -0.1) is 0 Å². The summed E-state index contributed by atoms with van der Waals surface area (Å²) in [4.78, 5) is 12.3. The normalized spacial score (nSPS) is 11.2. The van der Waals surface area contributed by atoms with Gasteiger partial charge in [0.05, 0.1) is 18.5 Å². The van der Waals surface area contributed by atoms with Gasteiger partial charge in [-0.25, -0.2) is 8.42 Å². The number of anilines is 1. The van der Waals surface area contributed by atoms with Gasteiger partial charge in [-0.1, -0.05) is 52.3 Å². The number of hydrogen-bond donors (Lipinski definition) is 1. The fourth-order valence-corrected chi connectivity index (χ4v) is 4.07. The van der Waals surface area contributed by atoms with E-state index in [1.165, 1.54) is 0 Å². The number of fused-ring (bicyclic) bond motifs is 1. The van der Waals surface area contributed by atoms with E-state index in [9.17, 15) is 13.2 Å². The Labute approximate surface area is 178 Å². The number of ether oxygens (including phenoxy) is 1. The summed E-state index contributed by atoms with van der Waals surface area (Å²) in [5.41, 5.74) is 0.421. The first kappa shape index (κ1) is 21.1. The van der Waals surface area contributed by atoms with E-state index >= 15 is 0 Å². The summed E-state index contributed by atoms with van der Waals surface area (Å²) < 4.78 is 31.7. The van der Waals surface area contributed by atoms with E-state index in [1.807, 2.05) is 42.5 Å². The largest absolute Gasteiger partial charge is 0.492 e. The van der Waals surface area contributed by atoms with Gasteiger partial charge >= 0.3 is 0 Å². The van der Waals surface area contributed by atoms with Crippen molar-refractivity contribution in [2.45, 2.75) is 0 Å². The first-order chi connectivity index (χ1) is 13.8. The molecule has 0 fully saturated rings. The molecular formula is C21H21BrN2O4S. The van der Waals surface area contributed by atoms with E-state index < -0.39 is 15.9 Å². The molecule has 29 heavy (non-hydrogen) atoms. The second-order valence-electron chi connectivity index (χ2n) is 6.46. The maximum atomic E-state index is 12.3. The summed E-state index contributed by atoms with van der Waals surface area (Å²) in [7, 11) is -3.60. The smallest absolute Gasteiger partial charge is 0.240 e. The minimum atomic E-state index is -3.60. The van der Waals surface area contributed by atoms with Gasteiger partial charge in [0.1, 0.15) is 18.9 Å². The number of halogens is 1. The van der Waals surface area contributed by atoms with Crippen LogP contribution in [-0.4, -0.2) is 40.3 Å². The lowest BCUT2D eigenvalue weighted by atomic mass is 10.1. The maximum absolute atomic E-state index is 12.3. The molecule has 0 aliphatic heterocycles. The third-order valence-corrected chi connectivity index (χ3v) is 5.83. The van der Waals surface area contributed by atoms with Crippen LogP contribution in [0.2, 0.25) is 0 Å². The number of carbonyl (C=O) groups excluding carboxylic acids is 1. The van der Waals surface area contributed by atoms with Gasteiger partial charge in [-0.3, -0.25) is 9.10 Å². The van der Waals surface area contributed by atoms with Crippen molar-refractivity contribution in [3.63, 3.8) is 0 Å². The highest BCUT2D eigenvalue weighted by atomic mass is 79.9. The topological polar surface area (TPSA) is 75.7 Å². The Morgan fingerprint density at radius 2 is 1.79 bits per heavy atom. The predicted octanol–water partition coefficient (Wildman–Crippen LogP) is 3.56. The van der Waals surface area contributed by atoms with Crippen molar-refractivity contribution in [3.05, 3.63) is 71.2 Å². The molecule has 0 aliphatic carbocycles. The van der Waals surface area contributed by atoms with Crippen molar-refractivity contribution in [1.82, 2.24) is 5.32 Å². The summed E-state index contributed by atoms with van der Waals surface area (Å²) in [6, 6.07) is 20.6. The zero-order valence-electron chi connectivity index (χ0n) is 15.8. The molecule has 3 aromatic carbocycles. The summed E-state index contributed by atoms with van der Waals surface area (Å²) >= 11 is 3.31. The molecule has 3 aromatic rings. The van der Waals surface area contributed by atoms with Gasteiger partial charge in [-0.05, 0) is 41.1 Å². The first-order valence-electron chi connectivity index (χ1n) is 8.94. The third kappa shape index (κ3) is 5.95. The molecule has 0 unspecified atom stereocenters. The second kappa shape index (κ2) is 9.28. The van der Waals surface area contributed by atoms with Crippen molar-refractivity contribution < 1.29 is 17.9 Å². The van der Waals surface area contributed by atoms with Crippen molar-refractivity contribution in [2.75, 3.05) is 30.3 Å². The maximum Gasteiger partial charge on any atom is 0.240 e. The van der Waals surface area contributed by atoms with Crippen LogP contribution in [0.3, 0.4) is 0 Å². The van der Waals surface area contributed by atoms with E-state index in [1.54, 1.807) is 24.3 Å². The molecule has 1 N–H and O–H groups in total. The van der Waals surface area contributed by atoms with Crippen LogP contribution in [0, 0.1) is 0 Å². The zero-order chi connectivity index (χ0) is 20.9. The summed E-state index contributed by atoms with van der Waals surface area (Å²) in [5.74, 6) is 0.308. The van der Waals surface area contributed by atoms with Crippen molar-refractivity contribution >= 4 is 48.3 Å². The second-order valence-corrected chi connectivity index (χ2v) is 9.28. The predicted molar refractivity (Wildman–Crippen MR) is 119 cm³/mol. The van der Waals surface area contributed by atoms with Crippen LogP contribution >= 0.6 is 15.9 Å². The molecular weight excluding hydrogens is 456 g/mol. The van der Waals surface area contributed by atoms with E-state index in [2.05, 4.69) is 21.2 Å². The number of nitrogens with zero attached hydrogens (tertiary/aromatic N) is 1. The fraction of sp³-hybridized carbons (Fsp3) is 0.190. The molecule has 3 rings (SSSR count). The molecule has 1 amide bonds. The minimum Gasteiger partial charge on any atom is -0.492 e. The molecule has 0 heterocycles. The molecule has 0 aromatic heterocycles. The first-order valence-corrected chi connectivity index (χ1v) is 11.6. The van der Waals surface area contributed by atoms with Gasteiger partial charge in [-0.2, -0.15) is 0 Å². The standard InChI is InChI=1S/C21H21BrN2O4S/c1-29(26,27)24(19-8-4-7-18(22)14-19)15-21(25)23-11-12-28-20-10-9-16-5-2-3-6-17(16)13-20/h2-10,13-14H,11-12,15H2,1H3,(H,23,25). The SMILES string of the molecule is CS(=O)(=O)N(CC(=O)NCCOc1ccc2ccccc2c1)c1cccc(Br)c1. The number of nitrogens with one attached hydrogen (secondary N) is 1. The third-order valence-electron chi connectivity index (χ3n) is 4.20. The van der Waals surface area contributed by atoms with Crippen LogP contribution in [0.15, 0.2) is 71.2 Å². The average Bonchev–Trinajstić information content (AvgIpc) is 2.68. The van der Waals surface area contributed by atoms with Crippen LogP contribution in [0.1, 0.15) is 0 Å². The molecule has 0 saturated carbocycles. The lowest BCUT2D eigenvalue weighted by Crippen LogP contribution is -2.41. The summed E-state index contributed by atoms with van der Waals surface area (Å²) in [6.45, 7) is 0.243. The van der Waals surface area contributed by atoms with Gasteiger partial charge in [0.25, 0.3) is 0 Å². The van der Waals surface area contributed by atoms with Crippen molar-refractivity contribution in [3.8, 4) is 5.75 Å². The highest BCUT2D eigenvalue weighted by Crippen LogP contribution is 2.22. The lowest BCUT2D eigenvalue weighted by molar-refractivity contribution is -0.119. The van der Waals surface area contributed by atoms with Crippen LogP contribution in [0.4, 0.5) is 5.69 Å². The Morgan fingerprint density at radius 1 is 1.03 bits per heavy atom. The van der Waals surface area contributed by atoms with E-state index in [0.29, 0.717) is 11.4 Å². The average molecular weight is 477 g/mol. The summed E-state index contributed by atoms with van der Waals surface area (Å²) in [6.07, 6.45) is 1.07. The number of amides is 1. The Bertz CT molecular complexity index is 1120. The highest BCUT2D eigenvalue weighted by Gasteiger charge is 2.20. The van der Waals surface area contributed by atoms with Crippen LogP contribution in [0.25, 0.3) is 10.8 Å². The van der Waals surface area contributed by atoms with Crippen molar-refractivity contribution in [2.24, 2.45) is 0 Å². The molecule has 0 spiro atoms. The molecule has 0 bridgehead atoms. The van der Waals surface area contributed by atoms with E-state index in [4.69, 9.17) is 4.74 Å². The molecule has 0 saturated heterocycles. The Morgan fingerprint density at radius 3 is 2.52 bits per heavy atom.